The fraction of sp³-hybridized carbons (Fsp3) is 0.519. The zero-order chi connectivity index (χ0) is 25.8. The monoisotopic (exact) mass is 506 g/mol. The molecule has 1 N–H and O–H groups in total. The molecule has 10 heteroatoms. The molecular formula is C27H34N6O4. The van der Waals surface area contributed by atoms with Crippen LogP contribution in [-0.4, -0.2) is 56.1 Å². The van der Waals surface area contributed by atoms with Crippen molar-refractivity contribution < 1.29 is 18.7 Å². The third-order valence-corrected chi connectivity index (χ3v) is 7.36. The number of methoxy groups -OCH3 is 1. The van der Waals surface area contributed by atoms with E-state index in [1.54, 1.807) is 18.1 Å². The lowest BCUT2D eigenvalue weighted by molar-refractivity contribution is -0.144. The second-order valence-corrected chi connectivity index (χ2v) is 9.96. The van der Waals surface area contributed by atoms with E-state index in [0.717, 1.165) is 62.7 Å². The fourth-order valence-corrected chi connectivity index (χ4v) is 5.48. The van der Waals surface area contributed by atoms with Crippen molar-refractivity contribution in [1.82, 2.24) is 30.4 Å². The quantitative estimate of drug-likeness (QED) is 0.469. The van der Waals surface area contributed by atoms with Gasteiger partial charge in [-0.25, -0.2) is 0 Å². The average Bonchev–Trinajstić information content (AvgIpc) is 3.71. The maximum Gasteiger partial charge on any atom is 0.247 e. The first-order valence-electron chi connectivity index (χ1n) is 13.1. The SMILES string of the molecule is COc1ccc([C@H](C(=O)NC2CCCC2)N(C(=O)Cn2nnc(-c3ccc(C)o3)n2)C2CCCC2)cc1. The molecule has 2 heterocycles. The molecule has 0 saturated heterocycles. The Hall–Kier alpha value is -3.69. The molecule has 3 aromatic rings. The van der Waals surface area contributed by atoms with Gasteiger partial charge in [0.15, 0.2) is 5.76 Å². The number of nitrogens with one attached hydrogen (secondary N) is 1. The first-order valence-corrected chi connectivity index (χ1v) is 13.1. The molecule has 2 aliphatic carbocycles. The normalized spacial score (nSPS) is 17.1. The third-order valence-electron chi connectivity index (χ3n) is 7.36. The molecular weight excluding hydrogens is 472 g/mol. The van der Waals surface area contributed by atoms with Crippen molar-refractivity contribution in [2.75, 3.05) is 7.11 Å². The molecule has 0 aliphatic heterocycles. The lowest BCUT2D eigenvalue weighted by Gasteiger charge is -2.36. The lowest BCUT2D eigenvalue weighted by atomic mass is 10.00. The standard InChI is InChI=1S/C27H34N6O4/c1-18-11-16-23(37-18)26-29-31-32(30-26)17-24(34)33(21-9-5-6-10-21)25(19-12-14-22(36-2)15-13-19)27(35)28-20-7-3-4-8-20/h11-16,20-21,25H,3-10,17H2,1-2H3,(H,28,35)/t25-/m1/s1. The van der Waals surface area contributed by atoms with Crippen LogP contribution in [0.1, 0.15) is 68.7 Å². The number of aryl methyl sites for hydroxylation is 1. The number of ether oxygens (including phenoxy) is 1. The van der Waals surface area contributed by atoms with Gasteiger partial charge in [-0.15, -0.1) is 10.2 Å². The zero-order valence-corrected chi connectivity index (χ0v) is 21.4. The zero-order valence-electron chi connectivity index (χ0n) is 21.4. The molecule has 2 saturated carbocycles. The summed E-state index contributed by atoms with van der Waals surface area (Å²) in [6.45, 7) is 1.72. The number of rotatable bonds is 9. The molecule has 2 aliphatic rings. The number of hydrogen-bond donors (Lipinski definition) is 1. The summed E-state index contributed by atoms with van der Waals surface area (Å²) in [6, 6.07) is 10.4. The Morgan fingerprint density at radius 3 is 2.43 bits per heavy atom. The molecule has 1 atom stereocenters. The molecule has 10 nitrogen and oxygen atoms in total. The summed E-state index contributed by atoms with van der Waals surface area (Å²) in [7, 11) is 1.61. The second kappa shape index (κ2) is 11.1. The van der Waals surface area contributed by atoms with E-state index in [2.05, 4.69) is 20.7 Å². The number of amides is 2. The fourth-order valence-electron chi connectivity index (χ4n) is 5.48. The van der Waals surface area contributed by atoms with Gasteiger partial charge in [-0.05, 0) is 67.6 Å². The highest BCUT2D eigenvalue weighted by Gasteiger charge is 2.38. The third kappa shape index (κ3) is 5.68. The van der Waals surface area contributed by atoms with Gasteiger partial charge in [0.1, 0.15) is 24.1 Å². The van der Waals surface area contributed by atoms with Crippen LogP contribution in [0.3, 0.4) is 0 Å². The van der Waals surface area contributed by atoms with Crippen LogP contribution in [0, 0.1) is 6.92 Å². The topological polar surface area (TPSA) is 115 Å². The number of carbonyl (C=O) groups excluding carboxylic acids is 2. The van der Waals surface area contributed by atoms with Crippen LogP contribution >= 0.6 is 0 Å². The Morgan fingerprint density at radius 1 is 1.08 bits per heavy atom. The molecule has 37 heavy (non-hydrogen) atoms. The minimum Gasteiger partial charge on any atom is -0.497 e. The lowest BCUT2D eigenvalue weighted by Crippen LogP contribution is -2.50. The molecule has 196 valence electrons. The van der Waals surface area contributed by atoms with Gasteiger partial charge in [-0.1, -0.05) is 37.8 Å². The van der Waals surface area contributed by atoms with E-state index < -0.39 is 6.04 Å². The summed E-state index contributed by atoms with van der Waals surface area (Å²) < 4.78 is 10.9. The maximum atomic E-state index is 13.9. The maximum absolute atomic E-state index is 13.9. The molecule has 2 aromatic heterocycles. The van der Waals surface area contributed by atoms with E-state index in [4.69, 9.17) is 9.15 Å². The van der Waals surface area contributed by atoms with E-state index in [9.17, 15) is 9.59 Å². The van der Waals surface area contributed by atoms with Crippen molar-refractivity contribution in [3.63, 3.8) is 0 Å². The highest BCUT2D eigenvalue weighted by molar-refractivity contribution is 5.89. The molecule has 2 amide bonds. The van der Waals surface area contributed by atoms with Gasteiger partial charge in [0.2, 0.25) is 17.6 Å². The van der Waals surface area contributed by atoms with Crippen LogP contribution in [-0.2, 0) is 16.1 Å². The highest BCUT2D eigenvalue weighted by Crippen LogP contribution is 2.33. The molecule has 0 radical (unpaired) electrons. The minimum absolute atomic E-state index is 0.0374. The predicted octanol–water partition coefficient (Wildman–Crippen LogP) is 3.82. The minimum atomic E-state index is -0.752. The number of nitrogens with zero attached hydrogens (tertiary/aromatic N) is 5. The van der Waals surface area contributed by atoms with Crippen molar-refractivity contribution in [2.45, 2.75) is 83.0 Å². The average molecular weight is 507 g/mol. The molecule has 0 bridgehead atoms. The number of furan rings is 1. The van der Waals surface area contributed by atoms with Crippen LogP contribution in [0.25, 0.3) is 11.6 Å². The molecule has 2 fully saturated rings. The van der Waals surface area contributed by atoms with Crippen molar-refractivity contribution in [1.29, 1.82) is 0 Å². The summed E-state index contributed by atoms with van der Waals surface area (Å²) in [4.78, 5) is 30.7. The summed E-state index contributed by atoms with van der Waals surface area (Å²) in [5.41, 5.74) is 0.759. The van der Waals surface area contributed by atoms with Gasteiger partial charge in [-0.2, -0.15) is 4.80 Å². The van der Waals surface area contributed by atoms with Crippen molar-refractivity contribution >= 4 is 11.8 Å². The number of hydrogen-bond acceptors (Lipinski definition) is 7. The van der Waals surface area contributed by atoms with Crippen LogP contribution in [0.4, 0.5) is 0 Å². The molecule has 5 rings (SSSR count). The Labute approximate surface area is 216 Å². The largest absolute Gasteiger partial charge is 0.497 e. The predicted molar refractivity (Wildman–Crippen MR) is 135 cm³/mol. The van der Waals surface area contributed by atoms with Crippen LogP contribution in [0.15, 0.2) is 40.8 Å². The number of aromatic nitrogens is 4. The Morgan fingerprint density at radius 2 is 1.78 bits per heavy atom. The second-order valence-electron chi connectivity index (χ2n) is 9.96. The number of carbonyl (C=O) groups is 2. The van der Waals surface area contributed by atoms with E-state index in [-0.39, 0.29) is 30.4 Å². The number of tetrazole rings is 1. The van der Waals surface area contributed by atoms with E-state index >= 15 is 0 Å². The highest BCUT2D eigenvalue weighted by atomic mass is 16.5. The smallest absolute Gasteiger partial charge is 0.247 e. The van der Waals surface area contributed by atoms with Crippen molar-refractivity contribution in [3.8, 4) is 17.3 Å². The summed E-state index contributed by atoms with van der Waals surface area (Å²) >= 11 is 0. The van der Waals surface area contributed by atoms with Crippen LogP contribution in [0.5, 0.6) is 5.75 Å². The summed E-state index contributed by atoms with van der Waals surface area (Å²) in [6.07, 6.45) is 7.92. The first-order chi connectivity index (χ1) is 18.0. The van der Waals surface area contributed by atoms with Crippen molar-refractivity contribution in [3.05, 3.63) is 47.7 Å². The molecule has 0 spiro atoms. The Balaban J connectivity index is 1.44. The number of benzene rings is 1. The van der Waals surface area contributed by atoms with Gasteiger partial charge in [-0.3, -0.25) is 9.59 Å². The first kappa shape index (κ1) is 25.0. The van der Waals surface area contributed by atoms with E-state index in [0.29, 0.717) is 17.3 Å². The van der Waals surface area contributed by atoms with Gasteiger partial charge >= 0.3 is 0 Å². The Kier molecular flexibility index (Phi) is 7.52. The van der Waals surface area contributed by atoms with Gasteiger partial charge in [0.25, 0.3) is 0 Å². The summed E-state index contributed by atoms with van der Waals surface area (Å²) in [5, 5.41) is 15.7. The Bertz CT molecular complexity index is 1210. The van der Waals surface area contributed by atoms with E-state index in [1.807, 2.05) is 37.3 Å². The van der Waals surface area contributed by atoms with Gasteiger partial charge < -0.3 is 19.4 Å². The molecule has 1 aromatic carbocycles. The van der Waals surface area contributed by atoms with Crippen LogP contribution in [0.2, 0.25) is 0 Å². The molecule has 0 unspecified atom stereocenters. The van der Waals surface area contributed by atoms with Gasteiger partial charge in [0.05, 0.1) is 7.11 Å². The van der Waals surface area contributed by atoms with E-state index in [1.165, 1.54) is 4.80 Å². The van der Waals surface area contributed by atoms with Gasteiger partial charge in [0, 0.05) is 12.1 Å². The van der Waals surface area contributed by atoms with Crippen LogP contribution < -0.4 is 10.1 Å². The summed E-state index contributed by atoms with van der Waals surface area (Å²) in [5.74, 6) is 1.90. The van der Waals surface area contributed by atoms with Crippen molar-refractivity contribution in [2.24, 2.45) is 0 Å².